The molecule has 0 bridgehead atoms. The third kappa shape index (κ3) is 2.66. The summed E-state index contributed by atoms with van der Waals surface area (Å²) < 4.78 is 2.28. The van der Waals surface area contributed by atoms with Crippen LogP contribution in [0.4, 0.5) is 0 Å². The summed E-state index contributed by atoms with van der Waals surface area (Å²) >= 11 is 0. The molecule has 1 aliphatic heterocycles. The largest absolute Gasteiger partial charge is 1.00 e. The Bertz CT molecular complexity index is 708. The van der Waals surface area contributed by atoms with Gasteiger partial charge in [-0.15, -0.1) is 0 Å². The zero-order valence-corrected chi connectivity index (χ0v) is 13.3. The molecule has 0 aliphatic carbocycles. The summed E-state index contributed by atoms with van der Waals surface area (Å²) in [6, 6.07) is 19.2. The summed E-state index contributed by atoms with van der Waals surface area (Å²) in [5.41, 5.74) is 4.80. The van der Waals surface area contributed by atoms with E-state index >= 15 is 0 Å². The highest BCUT2D eigenvalue weighted by Crippen LogP contribution is 2.26. The Morgan fingerprint density at radius 1 is 0.810 bits per heavy atom. The molecule has 2 nitrogen and oxygen atoms in total. The zero-order valence-electron chi connectivity index (χ0n) is 11.7. The molecule has 3 aromatic rings. The number of nitrogens with zero attached hydrogens (tertiary/aromatic N) is 2. The second kappa shape index (κ2) is 5.86. The molecular weight excluding hydrogens is 324 g/mol. The monoisotopic (exact) mass is 339 g/mol. The van der Waals surface area contributed by atoms with Crippen LogP contribution in [0, 0.1) is 0 Å². The first-order chi connectivity index (χ1) is 9.90. The maximum atomic E-state index is 4.73. The van der Waals surface area contributed by atoms with Crippen molar-refractivity contribution < 1.29 is 17.0 Å². The Kier molecular flexibility index (Phi) is 3.93. The van der Waals surface area contributed by atoms with Crippen LogP contribution in [0.15, 0.2) is 60.8 Å². The molecule has 1 aliphatic rings. The fourth-order valence-electron chi connectivity index (χ4n) is 2.86. The van der Waals surface area contributed by atoms with Crippen LogP contribution >= 0.6 is 0 Å². The number of hydrogen-bond donors (Lipinski definition) is 0. The molecule has 21 heavy (non-hydrogen) atoms. The molecule has 2 aromatic carbocycles. The van der Waals surface area contributed by atoms with Crippen LogP contribution in [0.3, 0.4) is 0 Å². The van der Waals surface area contributed by atoms with E-state index in [-0.39, 0.29) is 17.0 Å². The van der Waals surface area contributed by atoms with Crippen molar-refractivity contribution in [2.24, 2.45) is 0 Å². The van der Waals surface area contributed by atoms with Crippen LogP contribution in [0.5, 0.6) is 0 Å². The third-order valence-corrected chi connectivity index (χ3v) is 3.95. The summed E-state index contributed by atoms with van der Waals surface area (Å²) in [7, 11) is 0. The Morgan fingerprint density at radius 3 is 2.19 bits per heavy atom. The lowest BCUT2D eigenvalue weighted by Gasteiger charge is -2.03. The minimum absolute atomic E-state index is 0. The molecular formula is C18H16BrN2-. The van der Waals surface area contributed by atoms with Gasteiger partial charge in [-0.2, -0.15) is 0 Å². The van der Waals surface area contributed by atoms with Crippen LogP contribution in [0.25, 0.3) is 22.4 Å². The predicted octanol–water partition coefficient (Wildman–Crippen LogP) is 1.17. The molecule has 3 heteroatoms. The molecule has 0 atom stereocenters. The number of imidazole rings is 1. The van der Waals surface area contributed by atoms with E-state index in [0.717, 1.165) is 18.7 Å². The van der Waals surface area contributed by atoms with Crippen molar-refractivity contribution in [3.63, 3.8) is 0 Å². The number of halogens is 1. The number of aromatic nitrogens is 2. The van der Waals surface area contributed by atoms with Crippen molar-refractivity contribution in [1.82, 2.24) is 9.55 Å². The first-order valence-electron chi connectivity index (χ1n) is 7.12. The molecule has 0 spiro atoms. The molecule has 1 aromatic heterocycles. The van der Waals surface area contributed by atoms with Crippen molar-refractivity contribution in [1.29, 1.82) is 0 Å². The number of aryl methyl sites for hydroxylation is 2. The molecule has 0 saturated heterocycles. The molecule has 0 radical (unpaired) electrons. The van der Waals surface area contributed by atoms with E-state index in [1.807, 2.05) is 6.07 Å². The van der Waals surface area contributed by atoms with Crippen LogP contribution in [0.1, 0.15) is 12.2 Å². The van der Waals surface area contributed by atoms with E-state index in [0.29, 0.717) is 0 Å². The minimum Gasteiger partial charge on any atom is -1.00 e. The molecule has 0 saturated carbocycles. The smallest absolute Gasteiger partial charge is 0.109 e. The van der Waals surface area contributed by atoms with Crippen molar-refractivity contribution in [2.45, 2.75) is 19.4 Å². The first kappa shape index (κ1) is 14.1. The standard InChI is InChI=1S/C18H16N2.BrH/c1-2-5-14(6-3-1)15-8-10-16(11-9-15)17-13-20-12-4-7-18(20)19-17;/h1-3,5-6,8-11,13H,4,7,12H2;1H/p-1. The van der Waals surface area contributed by atoms with E-state index in [1.54, 1.807) is 0 Å². The van der Waals surface area contributed by atoms with Gasteiger partial charge >= 0.3 is 0 Å². The van der Waals surface area contributed by atoms with E-state index in [4.69, 9.17) is 4.98 Å². The second-order valence-corrected chi connectivity index (χ2v) is 5.28. The summed E-state index contributed by atoms with van der Waals surface area (Å²) in [6.07, 6.45) is 4.53. The summed E-state index contributed by atoms with van der Waals surface area (Å²) in [5, 5.41) is 0. The van der Waals surface area contributed by atoms with Gasteiger partial charge in [-0.3, -0.25) is 0 Å². The van der Waals surface area contributed by atoms with Gasteiger partial charge in [0.25, 0.3) is 0 Å². The average Bonchev–Trinajstić information content (AvgIpc) is 3.10. The van der Waals surface area contributed by atoms with Crippen molar-refractivity contribution in [3.8, 4) is 22.4 Å². The fraction of sp³-hybridized carbons (Fsp3) is 0.167. The van der Waals surface area contributed by atoms with Gasteiger partial charge in [-0.05, 0) is 17.5 Å². The average molecular weight is 340 g/mol. The van der Waals surface area contributed by atoms with E-state index < -0.39 is 0 Å². The van der Waals surface area contributed by atoms with Gasteiger partial charge in [0.05, 0.1) is 5.69 Å². The lowest BCUT2D eigenvalue weighted by Crippen LogP contribution is -3.00. The van der Waals surface area contributed by atoms with Crippen LogP contribution in [0.2, 0.25) is 0 Å². The second-order valence-electron chi connectivity index (χ2n) is 5.28. The zero-order chi connectivity index (χ0) is 13.4. The van der Waals surface area contributed by atoms with Crippen molar-refractivity contribution in [3.05, 3.63) is 66.6 Å². The molecule has 106 valence electrons. The van der Waals surface area contributed by atoms with Gasteiger partial charge in [0.2, 0.25) is 0 Å². The first-order valence-corrected chi connectivity index (χ1v) is 7.12. The van der Waals surface area contributed by atoms with Crippen LogP contribution in [-0.4, -0.2) is 9.55 Å². The molecule has 0 fully saturated rings. The van der Waals surface area contributed by atoms with Crippen molar-refractivity contribution in [2.75, 3.05) is 0 Å². The Hall–Kier alpha value is -1.87. The highest BCUT2D eigenvalue weighted by Gasteiger charge is 2.14. The summed E-state index contributed by atoms with van der Waals surface area (Å²) in [4.78, 5) is 4.73. The Morgan fingerprint density at radius 2 is 1.48 bits per heavy atom. The molecule has 0 unspecified atom stereocenters. The molecule has 2 heterocycles. The van der Waals surface area contributed by atoms with Crippen LogP contribution in [-0.2, 0) is 13.0 Å². The lowest BCUT2D eigenvalue weighted by molar-refractivity contribution is -0.00000401. The third-order valence-electron chi connectivity index (χ3n) is 3.95. The highest BCUT2D eigenvalue weighted by molar-refractivity contribution is 5.68. The minimum atomic E-state index is 0. The van der Waals surface area contributed by atoms with E-state index in [1.165, 1.54) is 28.9 Å². The van der Waals surface area contributed by atoms with Gasteiger partial charge in [-0.1, -0.05) is 54.6 Å². The molecule has 0 N–H and O–H groups in total. The summed E-state index contributed by atoms with van der Waals surface area (Å²) in [6.45, 7) is 1.12. The maximum absolute atomic E-state index is 4.73. The van der Waals surface area contributed by atoms with E-state index in [9.17, 15) is 0 Å². The molecule has 0 amide bonds. The van der Waals surface area contributed by atoms with E-state index in [2.05, 4.69) is 59.3 Å². The molecule has 4 rings (SSSR count). The Balaban J connectivity index is 0.00000132. The number of rotatable bonds is 2. The fourth-order valence-corrected chi connectivity index (χ4v) is 2.86. The Labute approximate surface area is 135 Å². The summed E-state index contributed by atoms with van der Waals surface area (Å²) in [5.74, 6) is 1.23. The normalized spacial score (nSPS) is 12.8. The predicted molar refractivity (Wildman–Crippen MR) is 81.4 cm³/mol. The number of fused-ring (bicyclic) bond motifs is 1. The van der Waals surface area contributed by atoms with Gasteiger partial charge in [-0.25, -0.2) is 4.98 Å². The number of hydrogen-bond acceptors (Lipinski definition) is 1. The highest BCUT2D eigenvalue weighted by atomic mass is 79.9. The SMILES string of the molecule is [Br-].c1ccc(-c2ccc(-c3cn4c(n3)CCC4)cc2)cc1. The van der Waals surface area contributed by atoms with Crippen LogP contribution < -0.4 is 17.0 Å². The van der Waals surface area contributed by atoms with Gasteiger partial charge in [0.1, 0.15) is 5.82 Å². The van der Waals surface area contributed by atoms with Crippen molar-refractivity contribution >= 4 is 0 Å². The lowest BCUT2D eigenvalue weighted by atomic mass is 10.0. The number of benzene rings is 2. The van der Waals surface area contributed by atoms with Gasteiger partial charge in [0.15, 0.2) is 0 Å². The quantitative estimate of drug-likeness (QED) is 0.685. The van der Waals surface area contributed by atoms with Gasteiger partial charge < -0.3 is 21.5 Å². The maximum Gasteiger partial charge on any atom is 0.109 e. The topological polar surface area (TPSA) is 17.8 Å². The van der Waals surface area contributed by atoms with Gasteiger partial charge in [0, 0.05) is 24.7 Å².